The van der Waals surface area contributed by atoms with E-state index in [0.29, 0.717) is 31.6 Å². The highest BCUT2D eigenvalue weighted by molar-refractivity contribution is 6.00. The number of nitrogens with one attached hydrogen (secondary N) is 1. The lowest BCUT2D eigenvalue weighted by atomic mass is 10.1. The maximum absolute atomic E-state index is 13.1. The molecule has 27 heavy (non-hydrogen) atoms. The fraction of sp³-hybridized carbons (Fsp3) is 0.364. The van der Waals surface area contributed by atoms with Crippen LogP contribution in [-0.2, 0) is 11.3 Å². The number of hydrogen-bond donors (Lipinski definition) is 1. The summed E-state index contributed by atoms with van der Waals surface area (Å²) >= 11 is 0. The molecule has 0 aliphatic carbocycles. The molecule has 1 atom stereocenters. The van der Waals surface area contributed by atoms with E-state index in [-0.39, 0.29) is 17.9 Å². The molecule has 1 fully saturated rings. The van der Waals surface area contributed by atoms with E-state index in [1.54, 1.807) is 0 Å². The summed E-state index contributed by atoms with van der Waals surface area (Å²) in [6, 6.07) is 17.6. The highest BCUT2D eigenvalue weighted by Gasteiger charge is 2.31. The maximum Gasteiger partial charge on any atom is 0.256 e. The molecular weight excluding hydrogens is 338 g/mol. The topological polar surface area (TPSA) is 52.7 Å². The quantitative estimate of drug-likeness (QED) is 0.884. The minimum atomic E-state index is -0.0206. The average molecular weight is 365 g/mol. The molecule has 0 radical (unpaired) electrons. The van der Waals surface area contributed by atoms with Gasteiger partial charge in [0.25, 0.3) is 5.91 Å². The predicted molar refractivity (Wildman–Crippen MR) is 108 cm³/mol. The molecule has 0 bridgehead atoms. The molecule has 0 aromatic heterocycles. The third-order valence-corrected chi connectivity index (χ3v) is 5.17. The van der Waals surface area contributed by atoms with E-state index in [0.717, 1.165) is 17.7 Å². The molecule has 5 nitrogen and oxygen atoms in total. The van der Waals surface area contributed by atoms with Gasteiger partial charge in [0.15, 0.2) is 0 Å². The number of amides is 2. The molecule has 1 heterocycles. The third kappa shape index (κ3) is 4.30. The molecule has 0 spiro atoms. The summed E-state index contributed by atoms with van der Waals surface area (Å²) in [7, 11) is 1.81. The van der Waals surface area contributed by atoms with Gasteiger partial charge in [-0.25, -0.2) is 0 Å². The van der Waals surface area contributed by atoms with Gasteiger partial charge in [0.05, 0.1) is 5.56 Å². The number of para-hydroxylation sites is 1. The molecule has 142 valence electrons. The number of nitrogens with zero attached hydrogens (tertiary/aromatic N) is 2. The van der Waals surface area contributed by atoms with Crippen molar-refractivity contribution in [1.82, 2.24) is 9.80 Å². The van der Waals surface area contributed by atoms with Crippen molar-refractivity contribution in [3.05, 3.63) is 65.7 Å². The van der Waals surface area contributed by atoms with Crippen LogP contribution in [0.15, 0.2) is 54.6 Å². The summed E-state index contributed by atoms with van der Waals surface area (Å²) in [5.41, 5.74) is 2.58. The number of hydrogen-bond acceptors (Lipinski definition) is 3. The van der Waals surface area contributed by atoms with E-state index >= 15 is 0 Å². The van der Waals surface area contributed by atoms with E-state index in [9.17, 15) is 9.59 Å². The standard InChI is InChI=1S/C22H27N3O2/c1-3-18-16-24(22(27)19-11-7-8-12-20(19)23-2)14-13-21(26)25(18)15-17-9-5-4-6-10-17/h4-12,18,23H,3,13-16H2,1-2H3/t18-/m1/s1. The lowest BCUT2D eigenvalue weighted by Gasteiger charge is -2.31. The second-order valence-corrected chi connectivity index (χ2v) is 6.87. The molecule has 1 aliphatic rings. The fourth-order valence-corrected chi connectivity index (χ4v) is 3.61. The Hall–Kier alpha value is -2.82. The van der Waals surface area contributed by atoms with Gasteiger partial charge in [-0.15, -0.1) is 0 Å². The first-order chi connectivity index (χ1) is 13.1. The molecule has 5 heteroatoms. The summed E-state index contributed by atoms with van der Waals surface area (Å²) in [5.74, 6) is 0.0932. The van der Waals surface area contributed by atoms with Crippen molar-refractivity contribution in [2.24, 2.45) is 0 Å². The molecule has 2 aromatic rings. The number of benzene rings is 2. The van der Waals surface area contributed by atoms with Gasteiger partial charge in [-0.1, -0.05) is 49.4 Å². The van der Waals surface area contributed by atoms with Crippen LogP contribution in [0.25, 0.3) is 0 Å². The Kier molecular flexibility index (Phi) is 6.12. The predicted octanol–water partition coefficient (Wildman–Crippen LogP) is 3.38. The fourth-order valence-electron chi connectivity index (χ4n) is 3.61. The second-order valence-electron chi connectivity index (χ2n) is 6.87. The first-order valence-corrected chi connectivity index (χ1v) is 9.53. The van der Waals surface area contributed by atoms with Crippen molar-refractivity contribution in [1.29, 1.82) is 0 Å². The van der Waals surface area contributed by atoms with Crippen molar-refractivity contribution < 1.29 is 9.59 Å². The van der Waals surface area contributed by atoms with Crippen molar-refractivity contribution in [2.45, 2.75) is 32.4 Å². The SMILES string of the molecule is CC[C@@H]1CN(C(=O)c2ccccc2NC)CCC(=O)N1Cc1ccccc1. The van der Waals surface area contributed by atoms with Gasteiger partial charge in [0, 0.05) is 44.8 Å². The van der Waals surface area contributed by atoms with E-state index in [2.05, 4.69) is 12.2 Å². The Morgan fingerprint density at radius 3 is 2.52 bits per heavy atom. The summed E-state index contributed by atoms with van der Waals surface area (Å²) in [5, 5.41) is 3.08. The van der Waals surface area contributed by atoms with Crippen LogP contribution in [0.4, 0.5) is 5.69 Å². The van der Waals surface area contributed by atoms with E-state index in [1.807, 2.05) is 71.4 Å². The Balaban J connectivity index is 1.81. The van der Waals surface area contributed by atoms with Gasteiger partial charge in [0.2, 0.25) is 5.91 Å². The van der Waals surface area contributed by atoms with Crippen LogP contribution in [0.5, 0.6) is 0 Å². The molecule has 3 rings (SSSR count). The lowest BCUT2D eigenvalue weighted by molar-refractivity contribution is -0.133. The van der Waals surface area contributed by atoms with Crippen molar-refractivity contribution in [3.8, 4) is 0 Å². The molecule has 1 aliphatic heterocycles. The van der Waals surface area contributed by atoms with Gasteiger partial charge in [-0.05, 0) is 24.1 Å². The lowest BCUT2D eigenvalue weighted by Crippen LogP contribution is -2.43. The van der Waals surface area contributed by atoms with Gasteiger partial charge in [-0.2, -0.15) is 0 Å². The van der Waals surface area contributed by atoms with E-state index < -0.39 is 0 Å². The van der Waals surface area contributed by atoms with Crippen LogP contribution in [0.1, 0.15) is 35.7 Å². The Morgan fingerprint density at radius 2 is 1.81 bits per heavy atom. The minimum absolute atomic E-state index is 0.0194. The molecule has 2 amide bonds. The normalized spacial score (nSPS) is 17.6. The Labute approximate surface area is 161 Å². The van der Waals surface area contributed by atoms with E-state index in [1.165, 1.54) is 0 Å². The zero-order valence-corrected chi connectivity index (χ0v) is 16.0. The van der Waals surface area contributed by atoms with Crippen LogP contribution in [0.3, 0.4) is 0 Å². The third-order valence-electron chi connectivity index (χ3n) is 5.17. The van der Waals surface area contributed by atoms with Gasteiger partial charge in [-0.3, -0.25) is 9.59 Å². The van der Waals surface area contributed by atoms with Crippen molar-refractivity contribution in [2.75, 3.05) is 25.5 Å². The minimum Gasteiger partial charge on any atom is -0.387 e. The number of carbonyl (C=O) groups is 2. The van der Waals surface area contributed by atoms with Crippen molar-refractivity contribution in [3.63, 3.8) is 0 Å². The zero-order chi connectivity index (χ0) is 19.2. The monoisotopic (exact) mass is 365 g/mol. The van der Waals surface area contributed by atoms with Crippen LogP contribution in [-0.4, -0.2) is 47.8 Å². The summed E-state index contributed by atoms with van der Waals surface area (Å²) in [4.78, 5) is 29.7. The molecule has 0 unspecified atom stereocenters. The highest BCUT2D eigenvalue weighted by Crippen LogP contribution is 2.22. The van der Waals surface area contributed by atoms with Crippen molar-refractivity contribution >= 4 is 17.5 Å². The summed E-state index contributed by atoms with van der Waals surface area (Å²) < 4.78 is 0. The van der Waals surface area contributed by atoms with Crippen LogP contribution < -0.4 is 5.32 Å². The Bertz CT molecular complexity index is 791. The summed E-state index contributed by atoms with van der Waals surface area (Å²) in [6.07, 6.45) is 1.17. The smallest absolute Gasteiger partial charge is 0.256 e. The number of carbonyl (C=O) groups excluding carboxylic acids is 2. The summed E-state index contributed by atoms with van der Waals surface area (Å²) in [6.45, 7) is 3.68. The zero-order valence-electron chi connectivity index (χ0n) is 16.0. The van der Waals surface area contributed by atoms with E-state index in [4.69, 9.17) is 0 Å². The van der Waals surface area contributed by atoms with Crippen LogP contribution in [0, 0.1) is 0 Å². The Morgan fingerprint density at radius 1 is 1.11 bits per heavy atom. The molecule has 2 aromatic carbocycles. The van der Waals surface area contributed by atoms with Crippen LogP contribution >= 0.6 is 0 Å². The first-order valence-electron chi connectivity index (χ1n) is 9.53. The maximum atomic E-state index is 13.1. The average Bonchev–Trinajstić information content (AvgIpc) is 2.87. The van der Waals surface area contributed by atoms with Gasteiger partial charge in [0.1, 0.15) is 0 Å². The molecule has 1 saturated heterocycles. The second kappa shape index (κ2) is 8.71. The highest BCUT2D eigenvalue weighted by atomic mass is 16.2. The first kappa shape index (κ1) is 19.0. The largest absolute Gasteiger partial charge is 0.387 e. The molecular formula is C22H27N3O2. The number of anilines is 1. The van der Waals surface area contributed by atoms with Gasteiger partial charge >= 0.3 is 0 Å². The van der Waals surface area contributed by atoms with Gasteiger partial charge < -0.3 is 15.1 Å². The molecule has 1 N–H and O–H groups in total. The molecule has 0 saturated carbocycles. The number of rotatable bonds is 5. The van der Waals surface area contributed by atoms with Crippen LogP contribution in [0.2, 0.25) is 0 Å².